The molecule has 152 valence electrons. The normalized spacial score (nSPS) is 22.8. The van der Waals surface area contributed by atoms with Gasteiger partial charge in [0.1, 0.15) is 0 Å². The Labute approximate surface area is 176 Å². The lowest BCUT2D eigenvalue weighted by molar-refractivity contribution is 0.382. The van der Waals surface area contributed by atoms with Crippen molar-refractivity contribution in [2.75, 3.05) is 0 Å². The molecule has 2 unspecified atom stereocenters. The van der Waals surface area contributed by atoms with Gasteiger partial charge >= 0.3 is 0 Å². The van der Waals surface area contributed by atoms with E-state index in [9.17, 15) is 0 Å². The number of hydrogen-bond acceptors (Lipinski definition) is 2. The summed E-state index contributed by atoms with van der Waals surface area (Å²) in [7, 11) is 0. The maximum Gasteiger partial charge on any atom is 0.0492 e. The van der Waals surface area contributed by atoms with Crippen molar-refractivity contribution in [2.45, 2.75) is 93.0 Å². The number of halogens is 1. The zero-order valence-corrected chi connectivity index (χ0v) is 20.1. The van der Waals surface area contributed by atoms with E-state index in [1.54, 1.807) is 5.57 Å². The molecule has 27 heavy (non-hydrogen) atoms. The second-order valence-electron chi connectivity index (χ2n) is 7.76. The first-order valence-corrected chi connectivity index (χ1v) is 11.3. The van der Waals surface area contributed by atoms with Gasteiger partial charge in [-0.2, -0.15) is 0 Å². The number of nitrogens with zero attached hydrogens (tertiary/aromatic N) is 1. The monoisotopic (exact) mass is 434 g/mol. The first-order valence-electron chi connectivity index (χ1n) is 10.5. The molecule has 0 aromatic carbocycles. The maximum atomic E-state index is 4.79. The average molecular weight is 435 g/mol. The molecule has 0 saturated heterocycles. The summed E-state index contributed by atoms with van der Waals surface area (Å²) in [4.78, 5) is 4.79. The van der Waals surface area contributed by atoms with Crippen molar-refractivity contribution in [3.05, 3.63) is 45.8 Å². The highest BCUT2D eigenvalue weighted by Crippen LogP contribution is 2.43. The first kappa shape index (κ1) is 23.9. The van der Waals surface area contributed by atoms with Crippen LogP contribution in [0.5, 0.6) is 0 Å². The largest absolute Gasteiger partial charge is 0.384 e. The lowest BCUT2D eigenvalue weighted by Gasteiger charge is -2.39. The third kappa shape index (κ3) is 6.20. The molecule has 0 fully saturated rings. The lowest BCUT2D eigenvalue weighted by Crippen LogP contribution is -2.40. The van der Waals surface area contributed by atoms with Crippen LogP contribution in [-0.2, 0) is 0 Å². The number of rotatable bonds is 10. The minimum absolute atomic E-state index is 0.145. The van der Waals surface area contributed by atoms with Crippen LogP contribution < -0.4 is 5.32 Å². The summed E-state index contributed by atoms with van der Waals surface area (Å²) in [6.45, 7) is 19.7. The second kappa shape index (κ2) is 11.0. The molecule has 3 heteroatoms. The van der Waals surface area contributed by atoms with Crippen molar-refractivity contribution < 1.29 is 0 Å². The average Bonchev–Trinajstić information content (AvgIpc) is 2.63. The van der Waals surface area contributed by atoms with E-state index in [1.165, 1.54) is 17.7 Å². The first-order chi connectivity index (χ1) is 12.7. The van der Waals surface area contributed by atoms with E-state index in [1.807, 2.05) is 0 Å². The Morgan fingerprint density at radius 1 is 1.30 bits per heavy atom. The number of allylic oxidation sites excluding steroid dienone is 5. The third-order valence-corrected chi connectivity index (χ3v) is 6.03. The highest BCUT2D eigenvalue weighted by Gasteiger charge is 2.37. The van der Waals surface area contributed by atoms with Gasteiger partial charge in [-0.25, -0.2) is 0 Å². The summed E-state index contributed by atoms with van der Waals surface area (Å²) in [5.74, 6) is 0. The van der Waals surface area contributed by atoms with Crippen LogP contribution in [0.3, 0.4) is 0 Å². The summed E-state index contributed by atoms with van der Waals surface area (Å²) < 4.78 is 1.12. The summed E-state index contributed by atoms with van der Waals surface area (Å²) >= 11 is 3.61. The van der Waals surface area contributed by atoms with Crippen LogP contribution >= 0.6 is 15.9 Å². The van der Waals surface area contributed by atoms with E-state index in [0.717, 1.165) is 48.0 Å². The minimum Gasteiger partial charge on any atom is -0.384 e. The summed E-state index contributed by atoms with van der Waals surface area (Å²) in [6, 6.07) is 0.454. The Morgan fingerprint density at radius 3 is 2.44 bits per heavy atom. The van der Waals surface area contributed by atoms with Crippen molar-refractivity contribution in [3.63, 3.8) is 0 Å². The fourth-order valence-corrected chi connectivity index (χ4v) is 3.88. The Bertz CT molecular complexity index is 647. The molecule has 1 N–H and O–H groups in total. The van der Waals surface area contributed by atoms with Crippen molar-refractivity contribution in [1.29, 1.82) is 0 Å². The molecular formula is C24H39BrN2. The molecule has 1 aliphatic rings. The van der Waals surface area contributed by atoms with Gasteiger partial charge in [-0.3, -0.25) is 4.99 Å². The van der Waals surface area contributed by atoms with Gasteiger partial charge < -0.3 is 5.32 Å². The van der Waals surface area contributed by atoms with Crippen LogP contribution in [-0.4, -0.2) is 11.8 Å². The van der Waals surface area contributed by atoms with E-state index in [0.29, 0.717) is 6.04 Å². The van der Waals surface area contributed by atoms with Gasteiger partial charge in [-0.05, 0) is 69.9 Å². The van der Waals surface area contributed by atoms with E-state index >= 15 is 0 Å². The highest BCUT2D eigenvalue weighted by molar-refractivity contribution is 9.11. The molecule has 0 radical (unpaired) electrons. The molecule has 1 rings (SSSR count). The smallest absolute Gasteiger partial charge is 0.0492 e. The van der Waals surface area contributed by atoms with Gasteiger partial charge in [-0.15, -0.1) is 0 Å². The van der Waals surface area contributed by atoms with Gasteiger partial charge in [-0.1, -0.05) is 61.9 Å². The van der Waals surface area contributed by atoms with Crippen LogP contribution in [0.1, 0.15) is 87.0 Å². The molecule has 0 amide bonds. The Balaban J connectivity index is 3.24. The minimum atomic E-state index is -0.145. The Kier molecular flexibility index (Phi) is 9.80. The third-order valence-electron chi connectivity index (χ3n) is 5.80. The van der Waals surface area contributed by atoms with Crippen molar-refractivity contribution >= 4 is 21.6 Å². The summed E-state index contributed by atoms with van der Waals surface area (Å²) in [5.41, 5.74) is 5.93. The topological polar surface area (TPSA) is 24.4 Å². The standard InChI is InChI=1S/C24H39BrN2/c1-9-13-20(10-2)14-15-21(11-3)27-23-22(16-17(5)25)18(6)26-19(7)24(23,8)12-4/h13,16,21,27H,7,9-12,14-15H2,1-6,8H3/b17-16+,20-13+. The zero-order chi connectivity index (χ0) is 20.6. The van der Waals surface area contributed by atoms with E-state index in [-0.39, 0.29) is 5.41 Å². The molecule has 2 nitrogen and oxygen atoms in total. The quantitative estimate of drug-likeness (QED) is 0.347. The Morgan fingerprint density at radius 2 is 1.96 bits per heavy atom. The van der Waals surface area contributed by atoms with Crippen molar-refractivity contribution in [3.8, 4) is 0 Å². The van der Waals surface area contributed by atoms with Gasteiger partial charge in [0.15, 0.2) is 0 Å². The SMILES string of the molecule is C=C1N=C(C)C(/C=C(\C)Br)=C(NC(CC)CC/C(=C/CC)CC)C1(C)CC. The molecule has 0 aromatic rings. The molecule has 1 heterocycles. The van der Waals surface area contributed by atoms with Crippen LogP contribution in [0, 0.1) is 5.41 Å². The van der Waals surface area contributed by atoms with E-state index in [4.69, 9.17) is 4.99 Å². The predicted molar refractivity (Wildman–Crippen MR) is 125 cm³/mol. The molecule has 2 atom stereocenters. The van der Waals surface area contributed by atoms with Crippen LogP contribution in [0.25, 0.3) is 0 Å². The maximum absolute atomic E-state index is 4.79. The summed E-state index contributed by atoms with van der Waals surface area (Å²) in [5, 5.41) is 3.93. The molecule has 0 saturated carbocycles. The Hall–Kier alpha value is -1.09. The fraction of sp³-hybridized carbons (Fsp3) is 0.625. The zero-order valence-electron chi connectivity index (χ0n) is 18.5. The van der Waals surface area contributed by atoms with Crippen molar-refractivity contribution in [1.82, 2.24) is 5.32 Å². The van der Waals surface area contributed by atoms with E-state index in [2.05, 4.69) is 88.4 Å². The molecular weight excluding hydrogens is 396 g/mol. The summed E-state index contributed by atoms with van der Waals surface area (Å²) in [6.07, 6.45) is 11.3. The van der Waals surface area contributed by atoms with Crippen LogP contribution in [0.2, 0.25) is 0 Å². The molecule has 0 aliphatic carbocycles. The van der Waals surface area contributed by atoms with E-state index < -0.39 is 0 Å². The lowest BCUT2D eigenvalue weighted by atomic mass is 9.76. The molecule has 0 bridgehead atoms. The molecule has 0 spiro atoms. The van der Waals surface area contributed by atoms with Gasteiger partial charge in [0.25, 0.3) is 0 Å². The van der Waals surface area contributed by atoms with Gasteiger partial charge in [0.05, 0.1) is 0 Å². The van der Waals surface area contributed by atoms with Gasteiger partial charge in [0.2, 0.25) is 0 Å². The molecule has 1 aliphatic heterocycles. The molecule has 0 aromatic heterocycles. The number of aliphatic imine (C=N–C) groups is 1. The van der Waals surface area contributed by atoms with Crippen LogP contribution in [0.4, 0.5) is 0 Å². The number of hydrogen-bond donors (Lipinski definition) is 1. The van der Waals surface area contributed by atoms with Crippen molar-refractivity contribution in [2.24, 2.45) is 10.4 Å². The second-order valence-corrected chi connectivity index (χ2v) is 9.01. The fourth-order valence-electron chi connectivity index (χ4n) is 3.66. The highest BCUT2D eigenvalue weighted by atomic mass is 79.9. The van der Waals surface area contributed by atoms with Crippen LogP contribution in [0.15, 0.2) is 50.7 Å². The number of nitrogens with one attached hydrogen (secondary N) is 1. The number of dihydropyridines is 1. The van der Waals surface area contributed by atoms with Gasteiger partial charge in [0, 0.05) is 34.1 Å². The predicted octanol–water partition coefficient (Wildman–Crippen LogP) is 7.84.